The van der Waals surface area contributed by atoms with Gasteiger partial charge in [-0.2, -0.15) is 0 Å². The third-order valence-electron chi connectivity index (χ3n) is 13.1. The first-order valence-corrected chi connectivity index (χ1v) is 22.2. The fraction of sp³-hybridized carbons (Fsp3) is 0.412. The summed E-state index contributed by atoms with van der Waals surface area (Å²) in [5.41, 5.74) is 13.1. The monoisotopic (exact) mass is 800 g/mol. The zero-order valence-electron chi connectivity index (χ0n) is 35.4. The Morgan fingerprint density at radius 1 is 0.638 bits per heavy atom. The lowest BCUT2D eigenvalue weighted by Gasteiger charge is -2.55. The summed E-state index contributed by atoms with van der Waals surface area (Å²) in [6, 6.07) is 42.7. The van der Waals surface area contributed by atoms with E-state index in [2.05, 4.69) is 134 Å². The molecule has 58 heavy (non-hydrogen) atoms. The first kappa shape index (κ1) is 43.5. The minimum absolute atomic E-state index is 0.138. The van der Waals surface area contributed by atoms with E-state index in [-0.39, 0.29) is 12.0 Å². The molecular weight excluding hydrogens is 737 g/mol. The van der Waals surface area contributed by atoms with Crippen LogP contribution in [0.2, 0.25) is 0 Å². The van der Waals surface area contributed by atoms with Gasteiger partial charge in [0.15, 0.2) is 0 Å². The highest BCUT2D eigenvalue weighted by atomic mass is 32.2. The SMILES string of the molecule is Cc1cc(C)cc(C2(CCO)CCN(Cc3ccccc3)CC2)c1.Cc1cc(C)cc(C23CC[N+](Cc4ccccc4)(CC2)CC3)c1.Cc1ccc(OS(=O)[O-])cc1. The maximum atomic E-state index is 10.0. The molecule has 0 amide bonds. The molecule has 4 aliphatic rings. The predicted octanol–water partition coefficient (Wildman–Crippen LogP) is 10.1. The second-order valence-electron chi connectivity index (χ2n) is 17.6. The topological polar surface area (TPSA) is 72.8 Å². The molecule has 6 nitrogen and oxygen atoms in total. The Labute approximate surface area is 351 Å². The molecule has 1 atom stereocenters. The molecule has 1 unspecified atom stereocenters. The summed E-state index contributed by atoms with van der Waals surface area (Å²) >= 11 is -2.47. The number of hydrogen-bond acceptors (Lipinski definition) is 5. The first-order valence-electron chi connectivity index (χ1n) is 21.2. The van der Waals surface area contributed by atoms with Gasteiger partial charge in [-0.25, -0.2) is 4.21 Å². The van der Waals surface area contributed by atoms with Crippen LogP contribution in [0.25, 0.3) is 0 Å². The summed E-state index contributed by atoms with van der Waals surface area (Å²) in [7, 11) is 0. The third-order valence-corrected chi connectivity index (χ3v) is 13.4. The largest absolute Gasteiger partial charge is 0.740 e. The number of rotatable bonds is 10. The molecule has 0 spiro atoms. The summed E-state index contributed by atoms with van der Waals surface area (Å²) < 4.78 is 25.8. The molecule has 5 aromatic rings. The van der Waals surface area contributed by atoms with E-state index in [9.17, 15) is 13.9 Å². The lowest BCUT2D eigenvalue weighted by molar-refractivity contribution is -0.955. The van der Waals surface area contributed by atoms with Crippen LogP contribution >= 0.6 is 0 Å². The van der Waals surface area contributed by atoms with Crippen molar-refractivity contribution in [2.45, 2.75) is 97.1 Å². The van der Waals surface area contributed by atoms with Gasteiger partial charge < -0.3 is 18.3 Å². The first-order chi connectivity index (χ1) is 27.9. The molecule has 0 aromatic heterocycles. The number of likely N-dealkylation sites (tertiary alicyclic amines) is 1. The van der Waals surface area contributed by atoms with Crippen molar-refractivity contribution in [1.29, 1.82) is 0 Å². The van der Waals surface area contributed by atoms with Gasteiger partial charge in [0.1, 0.15) is 23.7 Å². The van der Waals surface area contributed by atoms with Gasteiger partial charge >= 0.3 is 0 Å². The maximum absolute atomic E-state index is 10.0. The van der Waals surface area contributed by atoms with E-state index in [4.69, 9.17) is 0 Å². The Balaban J connectivity index is 0.000000157. The van der Waals surface area contributed by atoms with Crippen LogP contribution in [0.4, 0.5) is 0 Å². The van der Waals surface area contributed by atoms with Gasteiger partial charge in [-0.05, 0) is 101 Å². The van der Waals surface area contributed by atoms with Crippen molar-refractivity contribution in [2.24, 2.45) is 0 Å². The molecule has 7 heteroatoms. The highest BCUT2D eigenvalue weighted by Crippen LogP contribution is 2.47. The summed E-state index contributed by atoms with van der Waals surface area (Å²) in [5, 5.41) is 9.67. The van der Waals surface area contributed by atoms with Crippen molar-refractivity contribution >= 4 is 11.4 Å². The maximum Gasteiger partial charge on any atom is 0.139 e. The minimum Gasteiger partial charge on any atom is -0.740 e. The quantitative estimate of drug-likeness (QED) is 0.113. The van der Waals surface area contributed by atoms with Crippen LogP contribution in [0.1, 0.15) is 88.6 Å². The number of aryl methyl sites for hydroxylation is 5. The Kier molecular flexibility index (Phi) is 14.8. The van der Waals surface area contributed by atoms with Gasteiger partial charge in [-0.15, -0.1) is 0 Å². The third kappa shape index (κ3) is 11.5. The molecule has 4 heterocycles. The molecule has 0 radical (unpaired) electrons. The Hall–Kier alpha value is -4.11. The van der Waals surface area contributed by atoms with E-state index in [1.807, 2.05) is 6.92 Å². The number of fused-ring (bicyclic) bond motifs is 3. The van der Waals surface area contributed by atoms with Crippen LogP contribution in [-0.2, 0) is 35.3 Å². The van der Waals surface area contributed by atoms with E-state index < -0.39 is 11.4 Å². The summed E-state index contributed by atoms with van der Waals surface area (Å²) in [6.45, 7) is 19.5. The summed E-state index contributed by atoms with van der Waals surface area (Å²) in [6.07, 6.45) is 7.22. The molecule has 0 aliphatic carbocycles. The zero-order valence-corrected chi connectivity index (χ0v) is 36.2. The number of aliphatic hydroxyl groups excluding tert-OH is 1. The highest BCUT2D eigenvalue weighted by Gasteiger charge is 2.49. The molecule has 0 saturated carbocycles. The van der Waals surface area contributed by atoms with Crippen LogP contribution in [0.5, 0.6) is 5.75 Å². The minimum atomic E-state index is -2.47. The van der Waals surface area contributed by atoms with Gasteiger partial charge in [-0.3, -0.25) is 4.90 Å². The van der Waals surface area contributed by atoms with Crippen molar-refractivity contribution in [3.05, 3.63) is 171 Å². The fourth-order valence-electron chi connectivity index (χ4n) is 9.82. The Morgan fingerprint density at radius 3 is 1.60 bits per heavy atom. The van der Waals surface area contributed by atoms with E-state index in [0.717, 1.165) is 44.5 Å². The standard InChI is InChI=1S/C22H29NO.C22H28N.C7H8O3S/c1-18-14-19(2)16-21(15-18)22(10-13-24)8-11-23(12-9-22)17-20-6-4-3-5-7-20;1-18-14-19(2)16-21(15-18)22-8-11-23(12-9-22,13-10-22)17-20-6-4-3-5-7-20;1-6-2-4-7(5-3-6)10-11(8)9/h3-7,14-16,24H,8-13,17H2,1-2H3;3-7,14-16H,8-13,17H2,1-2H3;2-5H,1H3,(H,8,9)/q;+1;/p-1. The van der Waals surface area contributed by atoms with Gasteiger partial charge in [0.25, 0.3) is 0 Å². The number of nitrogens with zero attached hydrogens (tertiary/aromatic N) is 2. The lowest BCUT2D eigenvalue weighted by Crippen LogP contribution is -2.62. The second-order valence-corrected chi connectivity index (χ2v) is 18.1. The van der Waals surface area contributed by atoms with Crippen molar-refractivity contribution in [3.8, 4) is 5.75 Å². The van der Waals surface area contributed by atoms with Gasteiger partial charge in [0, 0.05) is 43.4 Å². The molecular formula is C51H64N2O4S. The predicted molar refractivity (Wildman–Crippen MR) is 237 cm³/mol. The van der Waals surface area contributed by atoms with Crippen LogP contribution in [0.3, 0.4) is 0 Å². The Morgan fingerprint density at radius 2 is 1.12 bits per heavy atom. The van der Waals surface area contributed by atoms with Crippen molar-refractivity contribution in [3.63, 3.8) is 0 Å². The molecule has 308 valence electrons. The molecule has 4 aliphatic heterocycles. The van der Waals surface area contributed by atoms with Gasteiger partial charge in [0.05, 0.1) is 19.6 Å². The van der Waals surface area contributed by atoms with Gasteiger partial charge in [0.2, 0.25) is 0 Å². The highest BCUT2D eigenvalue weighted by molar-refractivity contribution is 7.74. The summed E-state index contributed by atoms with van der Waals surface area (Å²) in [5.74, 6) is 0.337. The molecule has 9 rings (SSSR count). The van der Waals surface area contributed by atoms with E-state index >= 15 is 0 Å². The molecule has 1 N–H and O–H groups in total. The number of piperidine rings is 4. The van der Waals surface area contributed by atoms with Crippen molar-refractivity contribution in [1.82, 2.24) is 4.90 Å². The fourth-order valence-corrected chi connectivity index (χ4v) is 10.1. The molecule has 5 aromatic carbocycles. The average molecular weight is 801 g/mol. The molecule has 2 bridgehead atoms. The number of aliphatic hydroxyl groups is 1. The lowest BCUT2D eigenvalue weighted by atomic mass is 9.66. The van der Waals surface area contributed by atoms with Crippen LogP contribution < -0.4 is 4.18 Å². The molecule has 4 saturated heterocycles. The Bertz CT molecular complexity index is 2010. The average Bonchev–Trinajstić information content (AvgIpc) is 3.21. The van der Waals surface area contributed by atoms with Crippen LogP contribution in [0, 0.1) is 34.6 Å². The number of benzene rings is 5. The van der Waals surface area contributed by atoms with E-state index in [0.29, 0.717) is 11.2 Å². The summed E-state index contributed by atoms with van der Waals surface area (Å²) in [4.78, 5) is 2.55. The zero-order chi connectivity index (χ0) is 41.2. The number of hydrogen-bond donors (Lipinski definition) is 1. The van der Waals surface area contributed by atoms with Crippen molar-refractivity contribution < 1.29 is 22.5 Å². The normalized spacial score (nSPS) is 21.5. The van der Waals surface area contributed by atoms with Crippen LogP contribution in [0.15, 0.2) is 121 Å². The van der Waals surface area contributed by atoms with E-state index in [1.54, 1.807) is 29.8 Å². The van der Waals surface area contributed by atoms with E-state index in [1.165, 1.54) is 88.9 Å². The second kappa shape index (κ2) is 19.8. The number of quaternary nitrogens is 1. The van der Waals surface area contributed by atoms with Gasteiger partial charge in [-0.1, -0.05) is 137 Å². The smallest absolute Gasteiger partial charge is 0.139 e. The van der Waals surface area contributed by atoms with Crippen molar-refractivity contribution in [2.75, 3.05) is 39.3 Å². The molecule has 4 fully saturated rings. The van der Waals surface area contributed by atoms with Crippen LogP contribution in [-0.4, -0.2) is 62.6 Å².